The van der Waals surface area contributed by atoms with Crippen molar-refractivity contribution in [2.45, 2.75) is 56.3 Å². The minimum Gasteiger partial charge on any atom is -0.484 e. The normalized spacial score (nSPS) is 19.1. The number of thiophene rings is 1. The molecule has 13 nitrogen and oxygen atoms in total. The molecule has 0 saturated heterocycles. The molecule has 304 valence electrons. The van der Waals surface area contributed by atoms with E-state index in [4.69, 9.17) is 9.84 Å². The number of amides is 5. The summed E-state index contributed by atoms with van der Waals surface area (Å²) in [6.07, 6.45) is -0.0769. The Morgan fingerprint density at radius 2 is 1.22 bits per heavy atom. The minimum atomic E-state index is -1.21. The van der Waals surface area contributed by atoms with Crippen LogP contribution in [0.3, 0.4) is 0 Å². The Morgan fingerprint density at radius 3 is 1.83 bits per heavy atom. The minimum absolute atomic E-state index is 0.0134. The van der Waals surface area contributed by atoms with Crippen LogP contribution in [0.4, 0.5) is 0 Å². The third-order valence-electron chi connectivity index (χ3n) is 9.69. The van der Waals surface area contributed by atoms with Gasteiger partial charge in [0.15, 0.2) is 6.61 Å². The second-order valence-electron chi connectivity index (χ2n) is 14.1. The van der Waals surface area contributed by atoms with Gasteiger partial charge in [-0.2, -0.15) is 0 Å². The Bertz CT molecular complexity index is 2200. The molecule has 7 rings (SSSR count). The lowest BCUT2D eigenvalue weighted by atomic mass is 9.99. The van der Waals surface area contributed by atoms with Gasteiger partial charge in [0.1, 0.15) is 29.9 Å². The number of carboxylic acids is 1. The second kappa shape index (κ2) is 20.6. The number of hydrogen-bond donors (Lipinski definition) is 6. The highest BCUT2D eigenvalue weighted by Gasteiger charge is 2.32. The number of fused-ring (bicyclic) bond motifs is 16. The average Bonchev–Trinajstić information content (AvgIpc) is 3.76. The lowest BCUT2D eigenvalue weighted by Crippen LogP contribution is -2.59. The topological polar surface area (TPSA) is 192 Å². The highest BCUT2D eigenvalue weighted by Crippen LogP contribution is 2.21. The van der Waals surface area contributed by atoms with Crippen molar-refractivity contribution in [3.8, 4) is 16.9 Å². The molecule has 5 amide bonds. The quantitative estimate of drug-likeness (QED) is 0.109. The predicted molar refractivity (Wildman–Crippen MR) is 222 cm³/mol. The molecular weight excluding hydrogens is 771 g/mol. The van der Waals surface area contributed by atoms with Gasteiger partial charge in [-0.05, 0) is 51.4 Å². The van der Waals surface area contributed by atoms with Crippen LogP contribution in [0, 0.1) is 0 Å². The van der Waals surface area contributed by atoms with Crippen LogP contribution >= 0.6 is 11.3 Å². The van der Waals surface area contributed by atoms with E-state index in [0.29, 0.717) is 11.3 Å². The van der Waals surface area contributed by atoms with E-state index in [-0.39, 0.29) is 38.6 Å². The van der Waals surface area contributed by atoms with Crippen molar-refractivity contribution >= 4 is 46.8 Å². The summed E-state index contributed by atoms with van der Waals surface area (Å²) in [5, 5.41) is 24.9. The SMILES string of the molecule is O=C(O)CCNC(=O)C1Cc2ccc(cc2)OCC(=O)NC(Cc2cccs2)C(=O)NC(Cc2ccc(-c3ccccc3)cc2)C(=O)NC(Cc2ccccc2)C(=O)N1. The largest absolute Gasteiger partial charge is 0.484 e. The van der Waals surface area contributed by atoms with Crippen molar-refractivity contribution < 1.29 is 38.6 Å². The first-order valence-corrected chi connectivity index (χ1v) is 20.1. The lowest BCUT2D eigenvalue weighted by molar-refractivity contribution is -0.137. The Kier molecular flexibility index (Phi) is 14.6. The first-order chi connectivity index (χ1) is 28.6. The number of ether oxygens (including phenoxy) is 1. The van der Waals surface area contributed by atoms with Crippen LogP contribution in [-0.4, -0.2) is 77.9 Å². The van der Waals surface area contributed by atoms with Gasteiger partial charge >= 0.3 is 5.97 Å². The van der Waals surface area contributed by atoms with Gasteiger partial charge in [0.05, 0.1) is 6.42 Å². The predicted octanol–water partition coefficient (Wildman–Crippen LogP) is 3.61. The zero-order valence-corrected chi connectivity index (χ0v) is 32.9. The van der Waals surface area contributed by atoms with E-state index in [9.17, 15) is 28.8 Å². The summed E-state index contributed by atoms with van der Waals surface area (Å²) in [5.41, 5.74) is 4.04. The van der Waals surface area contributed by atoms with Crippen molar-refractivity contribution in [2.75, 3.05) is 13.2 Å². The third-order valence-corrected chi connectivity index (χ3v) is 10.6. The van der Waals surface area contributed by atoms with Crippen molar-refractivity contribution in [3.63, 3.8) is 0 Å². The summed E-state index contributed by atoms with van der Waals surface area (Å²) in [6, 6.07) is 32.0. The Labute approximate surface area is 345 Å². The Balaban J connectivity index is 1.34. The van der Waals surface area contributed by atoms with Gasteiger partial charge in [-0.3, -0.25) is 28.8 Å². The van der Waals surface area contributed by atoms with E-state index >= 15 is 0 Å². The molecule has 2 aliphatic rings. The number of nitrogens with one attached hydrogen (secondary N) is 5. The summed E-state index contributed by atoms with van der Waals surface area (Å²) in [5.74, 6) is -3.87. The Hall–Kier alpha value is -6.80. The highest BCUT2D eigenvalue weighted by molar-refractivity contribution is 7.09. The molecule has 0 radical (unpaired) electrons. The second-order valence-corrected chi connectivity index (χ2v) is 15.1. The molecule has 4 aromatic carbocycles. The molecule has 6 N–H and O–H groups in total. The van der Waals surface area contributed by atoms with Crippen LogP contribution < -0.4 is 31.3 Å². The van der Waals surface area contributed by atoms with Gasteiger partial charge in [-0.1, -0.05) is 103 Å². The molecule has 5 aromatic rings. The number of carboxylic acid groups (broad SMARTS) is 1. The average molecular weight is 816 g/mol. The van der Waals surface area contributed by atoms with Crippen LogP contribution in [0.5, 0.6) is 5.75 Å². The summed E-state index contributed by atoms with van der Waals surface area (Å²) >= 11 is 1.42. The maximum absolute atomic E-state index is 14.5. The number of aliphatic carboxylic acids is 1. The number of benzene rings is 4. The molecule has 4 unspecified atom stereocenters. The van der Waals surface area contributed by atoms with Gasteiger partial charge in [0.25, 0.3) is 5.91 Å². The number of carbonyl (C=O) groups is 6. The zero-order chi connectivity index (χ0) is 41.6. The fourth-order valence-electron chi connectivity index (χ4n) is 6.59. The smallest absolute Gasteiger partial charge is 0.305 e. The number of hydrogen-bond acceptors (Lipinski definition) is 8. The zero-order valence-electron chi connectivity index (χ0n) is 32.1. The first kappa shape index (κ1) is 41.8. The van der Waals surface area contributed by atoms with Gasteiger partial charge in [0, 0.05) is 37.1 Å². The molecule has 2 bridgehead atoms. The molecule has 0 saturated carbocycles. The van der Waals surface area contributed by atoms with E-state index in [1.807, 2.05) is 78.2 Å². The molecule has 59 heavy (non-hydrogen) atoms. The Morgan fingerprint density at radius 1 is 0.644 bits per heavy atom. The van der Waals surface area contributed by atoms with E-state index in [1.165, 1.54) is 11.3 Å². The third kappa shape index (κ3) is 12.6. The number of rotatable bonds is 11. The van der Waals surface area contributed by atoms with Gasteiger partial charge in [0.2, 0.25) is 23.6 Å². The molecule has 3 heterocycles. The molecule has 4 atom stereocenters. The molecule has 14 heteroatoms. The molecule has 2 aliphatic heterocycles. The van der Waals surface area contributed by atoms with E-state index in [1.54, 1.807) is 48.5 Å². The number of carbonyl (C=O) groups excluding carboxylic acids is 5. The standard InChI is InChI=1S/C45H45N5O8S/c51-40-28-58-34-19-15-31(16-20-34)25-36(42(54)46-22-21-41(52)53)48-43(55)37(24-29-8-3-1-4-9-29)49-44(56)38(50-45(57)39(47-40)27-35-12-7-23-59-35)26-30-13-17-33(18-14-30)32-10-5-2-6-11-32/h1-20,23,36-39H,21-22,24-28H2,(H,46,54)(H,47,51)(H,48,55)(H,49,56)(H,50,57)(H,52,53). The fraction of sp³-hybridized carbons (Fsp3) is 0.244. The van der Waals surface area contributed by atoms with Gasteiger partial charge in [-0.15, -0.1) is 11.3 Å². The van der Waals surface area contributed by atoms with Crippen LogP contribution in [0.1, 0.15) is 28.0 Å². The van der Waals surface area contributed by atoms with Crippen LogP contribution in [0.2, 0.25) is 0 Å². The van der Waals surface area contributed by atoms with Gasteiger partial charge < -0.3 is 36.4 Å². The first-order valence-electron chi connectivity index (χ1n) is 19.2. The van der Waals surface area contributed by atoms with Crippen LogP contribution in [0.15, 0.2) is 127 Å². The molecule has 0 aliphatic carbocycles. The maximum atomic E-state index is 14.5. The molecule has 1 aromatic heterocycles. The summed E-state index contributed by atoms with van der Waals surface area (Å²) in [6.45, 7) is -0.572. The molecule has 0 fully saturated rings. The molecular formula is C45H45N5O8S. The maximum Gasteiger partial charge on any atom is 0.305 e. The highest BCUT2D eigenvalue weighted by atomic mass is 32.1. The van der Waals surface area contributed by atoms with Crippen LogP contribution in [0.25, 0.3) is 11.1 Å². The van der Waals surface area contributed by atoms with Crippen molar-refractivity contribution in [3.05, 3.63) is 148 Å². The van der Waals surface area contributed by atoms with Crippen LogP contribution in [-0.2, 0) is 54.5 Å². The van der Waals surface area contributed by atoms with Gasteiger partial charge in [-0.25, -0.2) is 0 Å². The molecule has 0 spiro atoms. The monoisotopic (exact) mass is 815 g/mol. The summed E-state index contributed by atoms with van der Waals surface area (Å²) < 4.78 is 5.74. The summed E-state index contributed by atoms with van der Waals surface area (Å²) in [4.78, 5) is 81.7. The fourth-order valence-corrected chi connectivity index (χ4v) is 7.34. The van der Waals surface area contributed by atoms with Crippen molar-refractivity contribution in [1.29, 1.82) is 0 Å². The van der Waals surface area contributed by atoms with E-state index in [0.717, 1.165) is 27.1 Å². The van der Waals surface area contributed by atoms with Crippen molar-refractivity contribution in [1.82, 2.24) is 26.6 Å². The van der Waals surface area contributed by atoms with E-state index in [2.05, 4.69) is 26.6 Å². The lowest BCUT2D eigenvalue weighted by Gasteiger charge is -2.27. The van der Waals surface area contributed by atoms with Crippen molar-refractivity contribution in [2.24, 2.45) is 0 Å². The van der Waals surface area contributed by atoms with E-state index < -0.39 is 66.3 Å². The summed E-state index contributed by atoms with van der Waals surface area (Å²) in [7, 11) is 0.